The van der Waals surface area contributed by atoms with Gasteiger partial charge in [-0.05, 0) is 12.2 Å². The van der Waals surface area contributed by atoms with Crippen LogP contribution in [0.15, 0.2) is 17.3 Å². The van der Waals surface area contributed by atoms with E-state index < -0.39 is 6.09 Å². The second-order valence-electron chi connectivity index (χ2n) is 4.53. The monoisotopic (exact) mass is 278 g/mol. The molecule has 0 bridgehead atoms. The summed E-state index contributed by atoms with van der Waals surface area (Å²) in [5.74, 6) is 0. The molecular formula is C13H18N4O3. The summed E-state index contributed by atoms with van der Waals surface area (Å²) < 4.78 is 10.6. The maximum absolute atomic E-state index is 11.6. The Morgan fingerprint density at radius 3 is 3.00 bits per heavy atom. The van der Waals surface area contributed by atoms with Crippen molar-refractivity contribution in [1.82, 2.24) is 9.91 Å². The molecule has 1 unspecified atom stereocenters. The number of ether oxygens (including phenoxy) is 2. The maximum Gasteiger partial charge on any atom is 0.430 e. The van der Waals surface area contributed by atoms with E-state index in [4.69, 9.17) is 16.0 Å². The maximum atomic E-state index is 11.6. The van der Waals surface area contributed by atoms with Crippen LogP contribution in [0.2, 0.25) is 0 Å². The molecular weight excluding hydrogens is 260 g/mol. The van der Waals surface area contributed by atoms with Crippen LogP contribution in [0.1, 0.15) is 0 Å². The lowest BCUT2D eigenvalue weighted by atomic mass is 10.3. The van der Waals surface area contributed by atoms with Crippen LogP contribution < -0.4 is 0 Å². The summed E-state index contributed by atoms with van der Waals surface area (Å²) in [6.45, 7) is 11.3. The van der Waals surface area contributed by atoms with Gasteiger partial charge in [-0.3, -0.25) is 4.90 Å². The summed E-state index contributed by atoms with van der Waals surface area (Å²) in [7, 11) is 0. The molecule has 0 spiro atoms. The summed E-state index contributed by atoms with van der Waals surface area (Å²) in [5, 5.41) is 5.33. The number of rotatable bonds is 5. The van der Waals surface area contributed by atoms with Gasteiger partial charge in [0, 0.05) is 25.8 Å². The number of hydrogen-bond acceptors (Lipinski definition) is 5. The first-order chi connectivity index (χ1) is 9.79. The highest BCUT2D eigenvalue weighted by Gasteiger charge is 2.32. The molecule has 0 aromatic rings. The Bertz CT molecular complexity index is 424. The molecule has 0 aliphatic carbocycles. The zero-order valence-electron chi connectivity index (χ0n) is 11.3. The molecule has 2 heterocycles. The fourth-order valence-electron chi connectivity index (χ4n) is 2.06. The van der Waals surface area contributed by atoms with E-state index in [2.05, 4.69) is 14.8 Å². The second kappa shape index (κ2) is 7.62. The highest BCUT2D eigenvalue weighted by Crippen LogP contribution is 2.13. The van der Waals surface area contributed by atoms with Gasteiger partial charge in [0.15, 0.2) is 0 Å². The molecule has 2 fully saturated rings. The van der Waals surface area contributed by atoms with E-state index >= 15 is 0 Å². The number of amides is 1. The average Bonchev–Trinajstić information content (AvgIpc) is 2.80. The number of carbonyl (C=O) groups excluding carboxylic acids is 1. The lowest BCUT2D eigenvalue weighted by molar-refractivity contribution is 0.0188. The molecule has 2 aliphatic rings. The number of allylic oxidation sites excluding steroid dienone is 1. The molecule has 0 aromatic heterocycles. The summed E-state index contributed by atoms with van der Waals surface area (Å²) in [5.41, 5.74) is 0. The summed E-state index contributed by atoms with van der Waals surface area (Å²) in [6.07, 6.45) is 4.27. The molecule has 7 nitrogen and oxygen atoms in total. The molecule has 2 rings (SSSR count). The highest BCUT2D eigenvalue weighted by atomic mass is 16.6. The van der Waals surface area contributed by atoms with Gasteiger partial charge in [-0.2, -0.15) is 10.1 Å². The van der Waals surface area contributed by atoms with Gasteiger partial charge in [-0.15, -0.1) is 0 Å². The topological polar surface area (TPSA) is 58.7 Å². The summed E-state index contributed by atoms with van der Waals surface area (Å²) >= 11 is 0. The number of cyclic esters (lactones) is 1. The van der Waals surface area contributed by atoms with Crippen LogP contribution in [0.4, 0.5) is 4.79 Å². The normalized spacial score (nSPS) is 24.4. The van der Waals surface area contributed by atoms with Gasteiger partial charge in [0.05, 0.1) is 19.8 Å². The third-order valence-corrected chi connectivity index (χ3v) is 3.05. The van der Waals surface area contributed by atoms with Gasteiger partial charge < -0.3 is 14.3 Å². The Hall–Kier alpha value is -1.91. The minimum Gasteiger partial charge on any atom is -0.441 e. The molecule has 2 aliphatic heterocycles. The Morgan fingerprint density at radius 1 is 1.45 bits per heavy atom. The molecule has 20 heavy (non-hydrogen) atoms. The van der Waals surface area contributed by atoms with E-state index in [0.29, 0.717) is 19.6 Å². The van der Waals surface area contributed by atoms with Crippen LogP contribution in [0, 0.1) is 6.57 Å². The first-order valence-electron chi connectivity index (χ1n) is 6.60. The molecule has 0 saturated carbocycles. The van der Waals surface area contributed by atoms with Crippen molar-refractivity contribution in [1.29, 1.82) is 0 Å². The molecule has 7 heteroatoms. The zero-order valence-corrected chi connectivity index (χ0v) is 11.3. The summed E-state index contributed by atoms with van der Waals surface area (Å²) in [4.78, 5) is 17.0. The molecule has 0 radical (unpaired) electrons. The van der Waals surface area contributed by atoms with Crippen LogP contribution in [0.25, 0.3) is 4.85 Å². The molecule has 0 N–H and O–H groups in total. The van der Waals surface area contributed by atoms with Crippen molar-refractivity contribution in [3.8, 4) is 0 Å². The number of hydrogen-bond donors (Lipinski definition) is 0. The number of morpholine rings is 1. The van der Waals surface area contributed by atoms with Crippen molar-refractivity contribution in [2.45, 2.75) is 6.10 Å². The quantitative estimate of drug-likeness (QED) is 0.546. The Morgan fingerprint density at radius 2 is 2.25 bits per heavy atom. The van der Waals surface area contributed by atoms with Crippen LogP contribution in [0.3, 0.4) is 0 Å². The van der Waals surface area contributed by atoms with Gasteiger partial charge in [0.25, 0.3) is 0 Å². The highest BCUT2D eigenvalue weighted by molar-refractivity contribution is 5.75. The van der Waals surface area contributed by atoms with E-state index in [9.17, 15) is 4.79 Å². The van der Waals surface area contributed by atoms with E-state index in [1.807, 2.05) is 0 Å². The van der Waals surface area contributed by atoms with Crippen LogP contribution in [-0.4, -0.2) is 74.3 Å². The first-order valence-corrected chi connectivity index (χ1v) is 6.60. The number of carbonyl (C=O) groups is 1. The van der Waals surface area contributed by atoms with Crippen molar-refractivity contribution in [2.75, 3.05) is 45.9 Å². The minimum absolute atomic E-state index is 0.148. The lowest BCUT2D eigenvalue weighted by Crippen LogP contribution is -2.41. The van der Waals surface area contributed by atoms with E-state index in [0.717, 1.165) is 26.3 Å². The number of hydrazone groups is 1. The lowest BCUT2D eigenvalue weighted by Gasteiger charge is -2.27. The third-order valence-electron chi connectivity index (χ3n) is 3.05. The van der Waals surface area contributed by atoms with Gasteiger partial charge in [-0.25, -0.2) is 11.4 Å². The first kappa shape index (κ1) is 14.5. The van der Waals surface area contributed by atoms with Crippen molar-refractivity contribution >= 4 is 12.3 Å². The van der Waals surface area contributed by atoms with Crippen molar-refractivity contribution in [3.05, 3.63) is 23.6 Å². The standard InChI is InChI=1S/C13H18N4O3/c1-14-4-2-3-5-15-17-11-12(20-13(17)18)10-16-6-8-19-9-7-16/h2-3,5,12H,4,6-11H2. The van der Waals surface area contributed by atoms with Crippen LogP contribution in [-0.2, 0) is 9.47 Å². The van der Waals surface area contributed by atoms with Gasteiger partial charge in [-0.1, -0.05) is 0 Å². The average molecular weight is 278 g/mol. The van der Waals surface area contributed by atoms with Crippen molar-refractivity contribution in [2.24, 2.45) is 5.10 Å². The predicted octanol–water partition coefficient (Wildman–Crippen LogP) is 0.601. The molecule has 1 amide bonds. The molecule has 2 saturated heterocycles. The van der Waals surface area contributed by atoms with Crippen molar-refractivity contribution < 1.29 is 14.3 Å². The SMILES string of the molecule is [C-]#[N+]CC=CC=NN1CC(CN2CCOCC2)OC1=O. The van der Waals surface area contributed by atoms with Gasteiger partial charge in [0.1, 0.15) is 6.10 Å². The van der Waals surface area contributed by atoms with Crippen LogP contribution in [0.5, 0.6) is 0 Å². The summed E-state index contributed by atoms with van der Waals surface area (Å²) in [6, 6.07) is 0. The van der Waals surface area contributed by atoms with E-state index in [-0.39, 0.29) is 6.10 Å². The predicted molar refractivity (Wildman–Crippen MR) is 73.3 cm³/mol. The molecule has 1 atom stereocenters. The Labute approximate surface area is 118 Å². The van der Waals surface area contributed by atoms with E-state index in [1.54, 1.807) is 12.2 Å². The largest absolute Gasteiger partial charge is 0.441 e. The third kappa shape index (κ3) is 4.33. The zero-order chi connectivity index (χ0) is 14.2. The van der Waals surface area contributed by atoms with Crippen molar-refractivity contribution in [3.63, 3.8) is 0 Å². The Kier molecular flexibility index (Phi) is 5.53. The van der Waals surface area contributed by atoms with Gasteiger partial charge >= 0.3 is 6.09 Å². The second-order valence-corrected chi connectivity index (χ2v) is 4.53. The Balaban J connectivity index is 1.76. The number of nitrogens with zero attached hydrogens (tertiary/aromatic N) is 4. The van der Waals surface area contributed by atoms with Gasteiger partial charge in [0.2, 0.25) is 6.54 Å². The fraction of sp³-hybridized carbons (Fsp3) is 0.615. The minimum atomic E-state index is -0.418. The fourth-order valence-corrected chi connectivity index (χ4v) is 2.06. The smallest absolute Gasteiger partial charge is 0.430 e. The van der Waals surface area contributed by atoms with Crippen LogP contribution >= 0.6 is 0 Å². The molecule has 108 valence electrons. The molecule has 0 aromatic carbocycles. The van der Waals surface area contributed by atoms with E-state index in [1.165, 1.54) is 11.2 Å².